The van der Waals surface area contributed by atoms with Gasteiger partial charge < -0.3 is 9.40 Å². The number of nitrogens with zero attached hydrogens (tertiary/aromatic N) is 1. The van der Waals surface area contributed by atoms with Gasteiger partial charge in [-0.3, -0.25) is 0 Å². The highest BCUT2D eigenvalue weighted by Crippen LogP contribution is 2.29. The zero-order valence-electron chi connectivity index (χ0n) is 13.5. The molecule has 0 aliphatic heterocycles. The number of benzene rings is 1. The Morgan fingerprint density at radius 1 is 1.25 bits per heavy atom. The molecule has 3 rings (SSSR count). The first-order valence-electron chi connectivity index (χ1n) is 7.58. The van der Waals surface area contributed by atoms with Crippen molar-refractivity contribution in [3.63, 3.8) is 0 Å². The van der Waals surface area contributed by atoms with E-state index < -0.39 is 10.0 Å². The number of imidazole rings is 1. The Bertz CT molecular complexity index is 914. The van der Waals surface area contributed by atoms with E-state index in [4.69, 9.17) is 4.42 Å². The Hall–Kier alpha value is -2.38. The van der Waals surface area contributed by atoms with E-state index in [2.05, 4.69) is 14.7 Å². The number of hydrogen-bond donors (Lipinski definition) is 2. The largest absolute Gasteiger partial charge is 0.472 e. The highest BCUT2D eigenvalue weighted by atomic mass is 32.2. The van der Waals surface area contributed by atoms with Gasteiger partial charge in [0.1, 0.15) is 0 Å². The van der Waals surface area contributed by atoms with E-state index in [1.807, 2.05) is 19.1 Å². The smallest absolute Gasteiger partial charge is 0.240 e. The second kappa shape index (κ2) is 6.62. The van der Waals surface area contributed by atoms with Crippen molar-refractivity contribution in [3.8, 4) is 11.1 Å². The van der Waals surface area contributed by atoms with E-state index in [1.165, 1.54) is 0 Å². The molecule has 0 unspecified atom stereocenters. The Morgan fingerprint density at radius 2 is 2.08 bits per heavy atom. The van der Waals surface area contributed by atoms with Crippen molar-refractivity contribution in [2.24, 2.45) is 0 Å². The van der Waals surface area contributed by atoms with Crippen LogP contribution >= 0.6 is 0 Å². The van der Waals surface area contributed by atoms with Gasteiger partial charge in [-0.25, -0.2) is 18.1 Å². The number of aromatic amines is 1. The number of furan rings is 1. The molecule has 0 spiro atoms. The monoisotopic (exact) mass is 345 g/mol. The summed E-state index contributed by atoms with van der Waals surface area (Å²) in [5.41, 5.74) is 4.32. The van der Waals surface area contributed by atoms with Crippen LogP contribution in [0.1, 0.15) is 16.8 Å². The maximum absolute atomic E-state index is 12.7. The minimum absolute atomic E-state index is 0.286. The third kappa shape index (κ3) is 3.42. The van der Waals surface area contributed by atoms with Gasteiger partial charge in [0.2, 0.25) is 10.0 Å². The van der Waals surface area contributed by atoms with Crippen LogP contribution in [0.5, 0.6) is 0 Å². The van der Waals surface area contributed by atoms with Gasteiger partial charge in [-0.05, 0) is 42.7 Å². The molecule has 1 aromatic carbocycles. The molecular weight excluding hydrogens is 326 g/mol. The lowest BCUT2D eigenvalue weighted by Gasteiger charge is -2.13. The number of rotatable bonds is 6. The van der Waals surface area contributed by atoms with Crippen LogP contribution in [-0.2, 0) is 16.4 Å². The maximum Gasteiger partial charge on any atom is 0.240 e. The van der Waals surface area contributed by atoms with E-state index in [-0.39, 0.29) is 4.90 Å². The first-order chi connectivity index (χ1) is 11.5. The van der Waals surface area contributed by atoms with Crippen molar-refractivity contribution >= 4 is 10.0 Å². The molecule has 0 amide bonds. The average Bonchev–Trinajstić information content (AvgIpc) is 3.19. The van der Waals surface area contributed by atoms with Crippen molar-refractivity contribution in [1.82, 2.24) is 14.7 Å². The van der Waals surface area contributed by atoms with Gasteiger partial charge in [0.15, 0.2) is 0 Å². The molecule has 0 bridgehead atoms. The number of aryl methyl sites for hydroxylation is 2. The molecule has 2 aromatic heterocycles. The number of hydrogen-bond acceptors (Lipinski definition) is 4. The lowest BCUT2D eigenvalue weighted by atomic mass is 10.0. The van der Waals surface area contributed by atoms with Crippen LogP contribution in [0.4, 0.5) is 0 Å². The van der Waals surface area contributed by atoms with E-state index in [9.17, 15) is 8.42 Å². The molecule has 126 valence electrons. The highest BCUT2D eigenvalue weighted by molar-refractivity contribution is 7.89. The molecule has 3 aromatic rings. The first-order valence-corrected chi connectivity index (χ1v) is 9.06. The molecule has 0 saturated heterocycles. The Kier molecular flexibility index (Phi) is 4.55. The zero-order chi connectivity index (χ0) is 17.2. The molecule has 24 heavy (non-hydrogen) atoms. The number of H-pyrrole nitrogens is 1. The zero-order valence-corrected chi connectivity index (χ0v) is 14.4. The highest BCUT2D eigenvalue weighted by Gasteiger charge is 2.19. The minimum Gasteiger partial charge on any atom is -0.472 e. The number of aromatic nitrogens is 2. The van der Waals surface area contributed by atoms with E-state index in [0.29, 0.717) is 18.5 Å². The van der Waals surface area contributed by atoms with Crippen molar-refractivity contribution in [3.05, 3.63) is 60.1 Å². The Labute approximate surface area is 141 Å². The van der Waals surface area contributed by atoms with Crippen LogP contribution in [0.15, 0.2) is 52.6 Å². The molecule has 0 radical (unpaired) electrons. The van der Waals surface area contributed by atoms with Gasteiger partial charge in [0, 0.05) is 30.4 Å². The topological polar surface area (TPSA) is 88.0 Å². The van der Waals surface area contributed by atoms with Gasteiger partial charge in [-0.1, -0.05) is 6.07 Å². The van der Waals surface area contributed by atoms with Crippen molar-refractivity contribution in [2.75, 3.05) is 6.54 Å². The molecule has 2 heterocycles. The average molecular weight is 345 g/mol. The van der Waals surface area contributed by atoms with E-state index in [1.54, 1.807) is 38.0 Å². The molecule has 6 nitrogen and oxygen atoms in total. The minimum atomic E-state index is -3.59. The Balaban J connectivity index is 1.85. The summed E-state index contributed by atoms with van der Waals surface area (Å²) >= 11 is 0. The molecule has 0 fully saturated rings. The molecule has 0 aliphatic carbocycles. The second-order valence-electron chi connectivity index (χ2n) is 5.67. The van der Waals surface area contributed by atoms with Crippen molar-refractivity contribution < 1.29 is 12.8 Å². The molecular formula is C17H19N3O3S. The summed E-state index contributed by atoms with van der Waals surface area (Å²) in [6, 6.07) is 5.40. The summed E-state index contributed by atoms with van der Waals surface area (Å²) < 4.78 is 33.1. The van der Waals surface area contributed by atoms with Gasteiger partial charge in [0.25, 0.3) is 0 Å². The van der Waals surface area contributed by atoms with Crippen LogP contribution in [0.3, 0.4) is 0 Å². The number of sulfonamides is 1. The summed E-state index contributed by atoms with van der Waals surface area (Å²) in [4.78, 5) is 7.16. The van der Waals surface area contributed by atoms with Crippen LogP contribution in [-0.4, -0.2) is 24.9 Å². The third-order valence-electron chi connectivity index (χ3n) is 3.88. The SMILES string of the molecule is Cc1cc(C)c(S(=O)(=O)NCCc2cnc[nH]2)cc1-c1ccoc1. The van der Waals surface area contributed by atoms with E-state index in [0.717, 1.165) is 22.4 Å². The summed E-state index contributed by atoms with van der Waals surface area (Å²) in [6.45, 7) is 4.06. The standard InChI is InChI=1S/C17H19N3O3S/c1-12-7-13(2)17(8-16(12)14-4-6-23-10-14)24(21,22)20-5-3-15-9-18-11-19-15/h4,6-11,20H,3,5H2,1-2H3,(H,18,19). The predicted octanol–water partition coefficient (Wildman–Crippen LogP) is 2.81. The normalized spacial score (nSPS) is 11.8. The maximum atomic E-state index is 12.7. The summed E-state index contributed by atoms with van der Waals surface area (Å²) in [5, 5.41) is 0. The van der Waals surface area contributed by atoms with Crippen LogP contribution in [0.2, 0.25) is 0 Å². The predicted molar refractivity (Wildman–Crippen MR) is 91.1 cm³/mol. The fraction of sp³-hybridized carbons (Fsp3) is 0.235. The summed E-state index contributed by atoms with van der Waals surface area (Å²) in [7, 11) is -3.59. The fourth-order valence-corrected chi connectivity index (χ4v) is 3.95. The van der Waals surface area contributed by atoms with E-state index >= 15 is 0 Å². The summed E-state index contributed by atoms with van der Waals surface area (Å²) in [6.07, 6.45) is 7.00. The number of nitrogens with one attached hydrogen (secondary N) is 2. The fourth-order valence-electron chi connectivity index (χ4n) is 2.67. The van der Waals surface area contributed by atoms with Crippen LogP contribution in [0.25, 0.3) is 11.1 Å². The quantitative estimate of drug-likeness (QED) is 0.719. The van der Waals surface area contributed by atoms with Crippen LogP contribution in [0, 0.1) is 13.8 Å². The van der Waals surface area contributed by atoms with Gasteiger partial charge in [-0.2, -0.15) is 0 Å². The van der Waals surface area contributed by atoms with Crippen LogP contribution < -0.4 is 4.72 Å². The van der Waals surface area contributed by atoms with Crippen molar-refractivity contribution in [1.29, 1.82) is 0 Å². The lowest BCUT2D eigenvalue weighted by Crippen LogP contribution is -2.26. The molecule has 0 aliphatic rings. The Morgan fingerprint density at radius 3 is 2.75 bits per heavy atom. The summed E-state index contributed by atoms with van der Waals surface area (Å²) in [5.74, 6) is 0. The molecule has 0 saturated carbocycles. The first kappa shape index (κ1) is 16.5. The third-order valence-corrected chi connectivity index (χ3v) is 5.49. The van der Waals surface area contributed by atoms with Crippen molar-refractivity contribution in [2.45, 2.75) is 25.2 Å². The molecule has 7 heteroatoms. The molecule has 2 N–H and O–H groups in total. The van der Waals surface area contributed by atoms with Gasteiger partial charge in [-0.15, -0.1) is 0 Å². The lowest BCUT2D eigenvalue weighted by molar-refractivity contribution is 0.568. The molecule has 0 atom stereocenters. The second-order valence-corrected chi connectivity index (χ2v) is 7.40. The van der Waals surface area contributed by atoms with Gasteiger partial charge >= 0.3 is 0 Å². The van der Waals surface area contributed by atoms with Gasteiger partial charge in [0.05, 0.1) is 23.7 Å².